The molecule has 1 aromatic heterocycles. The first kappa shape index (κ1) is 13.8. The lowest BCUT2D eigenvalue weighted by Gasteiger charge is -2.32. The van der Waals surface area contributed by atoms with Crippen molar-refractivity contribution in [1.29, 1.82) is 0 Å². The number of halogens is 1. The van der Waals surface area contributed by atoms with Gasteiger partial charge in [0.1, 0.15) is 12.0 Å². The van der Waals surface area contributed by atoms with Crippen molar-refractivity contribution >= 4 is 27.4 Å². The SMILES string of the molecule is O=[N+]([O-])c1cnc(NC2CCN3CCCCC23)c(Br)c1. The lowest BCUT2D eigenvalue weighted by Crippen LogP contribution is -2.41. The van der Waals surface area contributed by atoms with Crippen LogP contribution in [0.2, 0.25) is 0 Å². The molecule has 2 aliphatic rings. The highest BCUT2D eigenvalue weighted by molar-refractivity contribution is 9.10. The van der Waals surface area contributed by atoms with Crippen LogP contribution >= 0.6 is 15.9 Å². The van der Waals surface area contributed by atoms with Crippen LogP contribution in [0.25, 0.3) is 0 Å². The lowest BCUT2D eigenvalue weighted by molar-refractivity contribution is -0.385. The Labute approximate surface area is 125 Å². The molecule has 1 N–H and O–H groups in total. The van der Waals surface area contributed by atoms with Gasteiger partial charge in [0.2, 0.25) is 0 Å². The molecule has 1 aromatic rings. The number of pyridine rings is 1. The van der Waals surface area contributed by atoms with Crippen LogP contribution in [-0.2, 0) is 0 Å². The van der Waals surface area contributed by atoms with Crippen LogP contribution < -0.4 is 5.32 Å². The van der Waals surface area contributed by atoms with Crippen LogP contribution in [0.15, 0.2) is 16.7 Å². The Morgan fingerprint density at radius 3 is 3.00 bits per heavy atom. The molecule has 0 bridgehead atoms. The van der Waals surface area contributed by atoms with E-state index >= 15 is 0 Å². The maximum atomic E-state index is 10.7. The Morgan fingerprint density at radius 2 is 2.25 bits per heavy atom. The summed E-state index contributed by atoms with van der Waals surface area (Å²) in [5.41, 5.74) is 0.00754. The predicted molar refractivity (Wildman–Crippen MR) is 79.8 cm³/mol. The number of nitro groups is 1. The second kappa shape index (κ2) is 5.65. The second-order valence-electron chi connectivity index (χ2n) is 5.42. The molecule has 3 heterocycles. The van der Waals surface area contributed by atoms with Crippen LogP contribution in [0.4, 0.5) is 11.5 Å². The smallest absolute Gasteiger partial charge is 0.288 e. The van der Waals surface area contributed by atoms with Gasteiger partial charge in [-0.1, -0.05) is 6.42 Å². The Kier molecular flexibility index (Phi) is 3.89. The first-order valence-corrected chi connectivity index (χ1v) is 7.75. The first-order chi connectivity index (χ1) is 9.65. The molecule has 0 aromatic carbocycles. The molecule has 0 saturated carbocycles. The number of anilines is 1. The minimum Gasteiger partial charge on any atom is -0.365 e. The van der Waals surface area contributed by atoms with Gasteiger partial charge in [-0.3, -0.25) is 15.0 Å². The van der Waals surface area contributed by atoms with Crippen LogP contribution in [-0.4, -0.2) is 40.0 Å². The molecule has 0 aliphatic carbocycles. The molecule has 0 amide bonds. The van der Waals surface area contributed by atoms with Crippen molar-refractivity contribution in [2.24, 2.45) is 0 Å². The fraction of sp³-hybridized carbons (Fsp3) is 0.615. The van der Waals surface area contributed by atoms with Crippen LogP contribution in [0.5, 0.6) is 0 Å². The third-order valence-corrected chi connectivity index (χ3v) is 4.82. The van der Waals surface area contributed by atoms with E-state index in [1.54, 1.807) is 0 Å². The molecular weight excluding hydrogens is 324 g/mol. The molecular formula is C13H17BrN4O2. The molecule has 2 atom stereocenters. The third-order valence-electron chi connectivity index (χ3n) is 4.22. The standard InChI is InChI=1S/C13H17BrN4O2/c14-10-7-9(18(19)20)8-15-13(10)16-11-4-6-17-5-2-1-3-12(11)17/h7-8,11-12H,1-6H2,(H,15,16). The zero-order valence-corrected chi connectivity index (χ0v) is 12.7. The molecule has 3 rings (SSSR count). The lowest BCUT2D eigenvalue weighted by atomic mass is 9.99. The molecule has 7 heteroatoms. The number of fused-ring (bicyclic) bond motifs is 1. The normalized spacial score (nSPS) is 26.2. The topological polar surface area (TPSA) is 71.3 Å². The molecule has 6 nitrogen and oxygen atoms in total. The molecule has 20 heavy (non-hydrogen) atoms. The molecule has 2 aliphatic heterocycles. The van der Waals surface area contributed by atoms with Gasteiger partial charge in [0, 0.05) is 24.7 Å². The van der Waals surface area contributed by atoms with Gasteiger partial charge in [0.05, 0.1) is 9.40 Å². The zero-order valence-electron chi connectivity index (χ0n) is 11.1. The Morgan fingerprint density at radius 1 is 1.40 bits per heavy atom. The summed E-state index contributed by atoms with van der Waals surface area (Å²) >= 11 is 3.37. The predicted octanol–water partition coefficient (Wildman–Crippen LogP) is 2.79. The number of nitrogens with zero attached hydrogens (tertiary/aromatic N) is 3. The summed E-state index contributed by atoms with van der Waals surface area (Å²) < 4.78 is 0.654. The van der Waals surface area contributed by atoms with E-state index in [4.69, 9.17) is 0 Å². The Hall–Kier alpha value is -1.21. The largest absolute Gasteiger partial charge is 0.365 e. The van der Waals surface area contributed by atoms with E-state index in [0.717, 1.165) is 13.0 Å². The van der Waals surface area contributed by atoms with E-state index in [2.05, 4.69) is 31.1 Å². The van der Waals surface area contributed by atoms with Crippen LogP contribution in [0.3, 0.4) is 0 Å². The van der Waals surface area contributed by atoms with Gasteiger partial charge in [-0.25, -0.2) is 4.98 Å². The fourth-order valence-corrected chi connectivity index (χ4v) is 3.68. The van der Waals surface area contributed by atoms with Crippen LogP contribution in [0, 0.1) is 10.1 Å². The van der Waals surface area contributed by atoms with E-state index in [1.165, 1.54) is 38.1 Å². The summed E-state index contributed by atoms with van der Waals surface area (Å²) in [5.74, 6) is 0.702. The minimum atomic E-state index is -0.431. The summed E-state index contributed by atoms with van der Waals surface area (Å²) in [7, 11) is 0. The summed E-state index contributed by atoms with van der Waals surface area (Å²) in [6.07, 6.45) is 6.22. The quantitative estimate of drug-likeness (QED) is 0.676. The number of hydrogen-bond donors (Lipinski definition) is 1. The van der Waals surface area contributed by atoms with Crippen molar-refractivity contribution in [3.63, 3.8) is 0 Å². The molecule has 2 fully saturated rings. The minimum absolute atomic E-state index is 0.00754. The molecule has 108 valence electrons. The maximum Gasteiger partial charge on any atom is 0.288 e. The van der Waals surface area contributed by atoms with Crippen LogP contribution in [0.1, 0.15) is 25.7 Å². The molecule has 2 saturated heterocycles. The van der Waals surface area contributed by atoms with Crippen molar-refractivity contribution in [3.05, 3.63) is 26.9 Å². The van der Waals surface area contributed by atoms with Crippen molar-refractivity contribution in [1.82, 2.24) is 9.88 Å². The number of piperidine rings is 1. The van der Waals surface area contributed by atoms with E-state index in [9.17, 15) is 10.1 Å². The molecule has 2 unspecified atom stereocenters. The van der Waals surface area contributed by atoms with Gasteiger partial charge in [-0.05, 0) is 41.7 Å². The number of aromatic nitrogens is 1. The molecule has 0 radical (unpaired) electrons. The van der Waals surface area contributed by atoms with Crippen molar-refractivity contribution < 1.29 is 4.92 Å². The average molecular weight is 341 g/mol. The third kappa shape index (κ3) is 2.64. The number of rotatable bonds is 3. The zero-order chi connectivity index (χ0) is 14.1. The van der Waals surface area contributed by atoms with Gasteiger partial charge in [0.15, 0.2) is 0 Å². The van der Waals surface area contributed by atoms with Gasteiger partial charge in [-0.2, -0.15) is 0 Å². The van der Waals surface area contributed by atoms with E-state index in [-0.39, 0.29) is 5.69 Å². The highest BCUT2D eigenvalue weighted by Gasteiger charge is 2.35. The highest BCUT2D eigenvalue weighted by atomic mass is 79.9. The Balaban J connectivity index is 1.73. The summed E-state index contributed by atoms with van der Waals surface area (Å²) in [4.78, 5) is 17.0. The first-order valence-electron chi connectivity index (χ1n) is 6.95. The van der Waals surface area contributed by atoms with Gasteiger partial charge < -0.3 is 5.32 Å². The van der Waals surface area contributed by atoms with Crippen molar-refractivity contribution in [2.45, 2.75) is 37.8 Å². The van der Waals surface area contributed by atoms with Gasteiger partial charge >= 0.3 is 0 Å². The summed E-state index contributed by atoms with van der Waals surface area (Å²) in [6, 6.07) is 2.47. The fourth-order valence-electron chi connectivity index (χ4n) is 3.23. The van der Waals surface area contributed by atoms with Gasteiger partial charge in [-0.15, -0.1) is 0 Å². The highest BCUT2D eigenvalue weighted by Crippen LogP contribution is 2.31. The number of hydrogen-bond acceptors (Lipinski definition) is 5. The summed E-state index contributed by atoms with van der Waals surface area (Å²) in [6.45, 7) is 2.32. The Bertz CT molecular complexity index is 525. The average Bonchev–Trinajstić information content (AvgIpc) is 2.84. The molecule has 0 spiro atoms. The summed E-state index contributed by atoms with van der Waals surface area (Å²) in [5, 5.41) is 14.2. The van der Waals surface area contributed by atoms with Gasteiger partial charge in [0.25, 0.3) is 5.69 Å². The van der Waals surface area contributed by atoms with E-state index in [1.807, 2.05) is 0 Å². The number of nitrogens with one attached hydrogen (secondary N) is 1. The van der Waals surface area contributed by atoms with Crippen molar-refractivity contribution in [3.8, 4) is 0 Å². The van der Waals surface area contributed by atoms with E-state index < -0.39 is 4.92 Å². The maximum absolute atomic E-state index is 10.7. The van der Waals surface area contributed by atoms with E-state index in [0.29, 0.717) is 22.4 Å². The van der Waals surface area contributed by atoms with Crippen molar-refractivity contribution in [2.75, 3.05) is 18.4 Å². The second-order valence-corrected chi connectivity index (χ2v) is 6.27. The monoisotopic (exact) mass is 340 g/mol.